The Bertz CT molecular complexity index is 299. The molecule has 1 aliphatic heterocycles. The van der Waals surface area contributed by atoms with Gasteiger partial charge in [0.05, 0.1) is 0 Å². The van der Waals surface area contributed by atoms with Crippen molar-refractivity contribution in [3.8, 4) is 0 Å². The van der Waals surface area contributed by atoms with Gasteiger partial charge in [0.25, 0.3) is 0 Å². The number of hydrogen-bond acceptors (Lipinski definition) is 3. The Morgan fingerprint density at radius 3 is 2.42 bits per heavy atom. The maximum absolute atomic E-state index is 11.9. The molecule has 5 heteroatoms. The van der Waals surface area contributed by atoms with E-state index in [1.807, 2.05) is 25.8 Å². The topological polar surface area (TPSA) is 52.7 Å². The normalized spacial score (nSPS) is 15.7. The number of hydrogen-bond donors (Lipinski definition) is 1. The summed E-state index contributed by atoms with van der Waals surface area (Å²) in [7, 11) is 1.83. The fraction of sp³-hybridized carbons (Fsp3) is 0.857. The van der Waals surface area contributed by atoms with Crippen molar-refractivity contribution in [1.29, 1.82) is 0 Å². The highest BCUT2D eigenvalue weighted by Gasteiger charge is 2.16. The van der Waals surface area contributed by atoms with Crippen molar-refractivity contribution in [2.24, 2.45) is 5.92 Å². The summed E-state index contributed by atoms with van der Waals surface area (Å²) in [5.41, 5.74) is 0. The first-order valence-electron chi connectivity index (χ1n) is 7.26. The molecule has 1 rings (SSSR count). The zero-order valence-electron chi connectivity index (χ0n) is 12.4. The minimum atomic E-state index is 0.0486. The van der Waals surface area contributed by atoms with Crippen molar-refractivity contribution in [1.82, 2.24) is 15.1 Å². The molecule has 0 radical (unpaired) electrons. The van der Waals surface area contributed by atoms with E-state index in [0.29, 0.717) is 6.42 Å². The lowest BCUT2D eigenvalue weighted by Gasteiger charge is -2.27. The van der Waals surface area contributed by atoms with Gasteiger partial charge in [0.1, 0.15) is 0 Å². The van der Waals surface area contributed by atoms with E-state index in [1.165, 1.54) is 0 Å². The van der Waals surface area contributed by atoms with Gasteiger partial charge < -0.3 is 15.1 Å². The number of carbonyl (C=O) groups is 2. The van der Waals surface area contributed by atoms with E-state index in [-0.39, 0.29) is 17.7 Å². The minimum Gasteiger partial charge on any atom is -0.346 e. The van der Waals surface area contributed by atoms with Crippen molar-refractivity contribution in [3.63, 3.8) is 0 Å². The second kappa shape index (κ2) is 8.15. The molecule has 1 N–H and O–H groups in total. The molecular weight excluding hydrogens is 242 g/mol. The maximum atomic E-state index is 11.9. The van der Waals surface area contributed by atoms with Crippen LogP contribution in [0.25, 0.3) is 0 Å². The summed E-state index contributed by atoms with van der Waals surface area (Å²) in [5.74, 6) is 0.472. The van der Waals surface area contributed by atoms with E-state index < -0.39 is 0 Å². The second-order valence-corrected chi connectivity index (χ2v) is 5.50. The van der Waals surface area contributed by atoms with Crippen LogP contribution in [-0.4, -0.2) is 61.4 Å². The van der Waals surface area contributed by atoms with E-state index in [0.717, 1.165) is 45.6 Å². The van der Waals surface area contributed by atoms with Crippen LogP contribution in [0.1, 0.15) is 33.1 Å². The summed E-state index contributed by atoms with van der Waals surface area (Å²) in [6.45, 7) is 8.01. The van der Waals surface area contributed by atoms with E-state index >= 15 is 0 Å². The second-order valence-electron chi connectivity index (χ2n) is 5.50. The Morgan fingerprint density at radius 2 is 1.84 bits per heavy atom. The summed E-state index contributed by atoms with van der Waals surface area (Å²) in [6.07, 6.45) is 2.36. The van der Waals surface area contributed by atoms with E-state index in [1.54, 1.807) is 4.90 Å². The molecule has 110 valence electrons. The summed E-state index contributed by atoms with van der Waals surface area (Å²) in [5, 5.41) is 3.24. The van der Waals surface area contributed by atoms with Crippen molar-refractivity contribution in [2.75, 3.05) is 39.8 Å². The largest absolute Gasteiger partial charge is 0.346 e. The number of carbonyl (C=O) groups excluding carboxylic acids is 2. The van der Waals surface area contributed by atoms with Gasteiger partial charge in [0.2, 0.25) is 11.8 Å². The predicted octanol–water partition coefficient (Wildman–Crippen LogP) is 0.703. The molecule has 1 aliphatic rings. The smallest absolute Gasteiger partial charge is 0.224 e. The molecule has 0 aromatic carbocycles. The highest BCUT2D eigenvalue weighted by Crippen LogP contribution is 2.05. The van der Waals surface area contributed by atoms with Gasteiger partial charge in [0, 0.05) is 52.1 Å². The van der Waals surface area contributed by atoms with Crippen LogP contribution in [0.2, 0.25) is 0 Å². The lowest BCUT2D eigenvalue weighted by atomic mass is 10.1. The maximum Gasteiger partial charge on any atom is 0.224 e. The van der Waals surface area contributed by atoms with Crippen LogP contribution in [0.15, 0.2) is 0 Å². The van der Waals surface area contributed by atoms with Crippen molar-refractivity contribution in [2.45, 2.75) is 33.1 Å². The van der Waals surface area contributed by atoms with Crippen LogP contribution in [0.5, 0.6) is 0 Å². The van der Waals surface area contributed by atoms with Crippen LogP contribution >= 0.6 is 0 Å². The monoisotopic (exact) mass is 269 g/mol. The molecule has 0 atom stereocenters. The molecule has 19 heavy (non-hydrogen) atoms. The van der Waals surface area contributed by atoms with Crippen LogP contribution in [-0.2, 0) is 9.59 Å². The van der Waals surface area contributed by atoms with E-state index in [2.05, 4.69) is 5.32 Å². The molecule has 1 saturated heterocycles. The van der Waals surface area contributed by atoms with Crippen LogP contribution in [0.3, 0.4) is 0 Å². The van der Waals surface area contributed by atoms with E-state index in [9.17, 15) is 9.59 Å². The minimum absolute atomic E-state index is 0.0486. The molecule has 0 spiro atoms. The number of rotatable bonds is 6. The summed E-state index contributed by atoms with van der Waals surface area (Å²) in [4.78, 5) is 27.3. The van der Waals surface area contributed by atoms with Gasteiger partial charge in [-0.3, -0.25) is 9.59 Å². The van der Waals surface area contributed by atoms with Gasteiger partial charge in [0.15, 0.2) is 0 Å². The van der Waals surface area contributed by atoms with E-state index in [4.69, 9.17) is 0 Å². The highest BCUT2D eigenvalue weighted by atomic mass is 16.2. The third-order valence-electron chi connectivity index (χ3n) is 3.47. The third-order valence-corrected chi connectivity index (χ3v) is 3.47. The van der Waals surface area contributed by atoms with Crippen molar-refractivity contribution < 1.29 is 9.59 Å². The SMILES string of the molecule is CC(C)C(=O)N(C)CCCCC(=O)N1CCNCC1. The molecule has 0 saturated carbocycles. The molecule has 0 unspecified atom stereocenters. The summed E-state index contributed by atoms with van der Waals surface area (Å²) in [6, 6.07) is 0. The van der Waals surface area contributed by atoms with Crippen molar-refractivity contribution >= 4 is 11.8 Å². The van der Waals surface area contributed by atoms with Gasteiger partial charge in [-0.2, -0.15) is 0 Å². The molecule has 1 fully saturated rings. The first-order valence-corrected chi connectivity index (χ1v) is 7.26. The van der Waals surface area contributed by atoms with Gasteiger partial charge in [-0.15, -0.1) is 0 Å². The van der Waals surface area contributed by atoms with Crippen LogP contribution in [0.4, 0.5) is 0 Å². The molecule has 1 heterocycles. The number of nitrogens with zero attached hydrogens (tertiary/aromatic N) is 2. The zero-order valence-corrected chi connectivity index (χ0v) is 12.4. The highest BCUT2D eigenvalue weighted by molar-refractivity contribution is 5.78. The Morgan fingerprint density at radius 1 is 1.21 bits per heavy atom. The molecule has 0 aromatic rings. The predicted molar refractivity (Wildman–Crippen MR) is 75.8 cm³/mol. The van der Waals surface area contributed by atoms with Gasteiger partial charge in [-0.25, -0.2) is 0 Å². The Kier molecular flexibility index (Phi) is 6.84. The quantitative estimate of drug-likeness (QED) is 0.722. The van der Waals surface area contributed by atoms with Gasteiger partial charge >= 0.3 is 0 Å². The lowest BCUT2D eigenvalue weighted by molar-refractivity contribution is -0.133. The Hall–Kier alpha value is -1.10. The molecular formula is C14H27N3O2. The molecule has 0 bridgehead atoms. The zero-order chi connectivity index (χ0) is 14.3. The fourth-order valence-corrected chi connectivity index (χ4v) is 2.25. The fourth-order valence-electron chi connectivity index (χ4n) is 2.25. The van der Waals surface area contributed by atoms with Crippen LogP contribution in [0, 0.1) is 5.92 Å². The Balaban J connectivity index is 2.13. The molecule has 5 nitrogen and oxygen atoms in total. The first-order chi connectivity index (χ1) is 9.02. The number of amides is 2. The molecule has 0 aromatic heterocycles. The summed E-state index contributed by atoms with van der Waals surface area (Å²) >= 11 is 0. The Labute approximate surface area is 116 Å². The standard InChI is InChI=1S/C14H27N3O2/c1-12(2)14(19)16(3)9-5-4-6-13(18)17-10-7-15-8-11-17/h12,15H,4-11H2,1-3H3. The number of unbranched alkanes of at least 4 members (excludes halogenated alkanes) is 1. The average molecular weight is 269 g/mol. The lowest BCUT2D eigenvalue weighted by Crippen LogP contribution is -2.46. The van der Waals surface area contributed by atoms with Crippen LogP contribution < -0.4 is 5.32 Å². The average Bonchev–Trinajstić information content (AvgIpc) is 2.43. The van der Waals surface area contributed by atoms with Gasteiger partial charge in [-0.05, 0) is 12.8 Å². The third kappa shape index (κ3) is 5.59. The number of nitrogens with one attached hydrogen (secondary N) is 1. The molecule has 2 amide bonds. The first kappa shape index (κ1) is 16.0. The number of piperazine rings is 1. The molecule has 0 aliphatic carbocycles. The van der Waals surface area contributed by atoms with Crippen molar-refractivity contribution in [3.05, 3.63) is 0 Å². The summed E-state index contributed by atoms with van der Waals surface area (Å²) < 4.78 is 0. The van der Waals surface area contributed by atoms with Gasteiger partial charge in [-0.1, -0.05) is 13.8 Å².